The molecule has 1 aromatic rings. The lowest BCUT2D eigenvalue weighted by molar-refractivity contribution is 0.121. The molecule has 9 heteroatoms. The molecule has 0 aliphatic carbocycles. The smallest absolute Gasteiger partial charge is 0.422 e. The van der Waals surface area contributed by atoms with Crippen molar-refractivity contribution in [1.29, 1.82) is 5.26 Å². The number of carbonyl (C=O) groups is 1. The van der Waals surface area contributed by atoms with Crippen molar-refractivity contribution in [3.05, 3.63) is 28.2 Å². The van der Waals surface area contributed by atoms with Crippen LogP contribution < -0.4 is 9.44 Å². The molecule has 0 bridgehead atoms. The Labute approximate surface area is 125 Å². The van der Waals surface area contributed by atoms with E-state index in [-0.39, 0.29) is 5.69 Å². The number of ether oxygens (including phenoxy) is 1. The molecule has 0 unspecified atom stereocenters. The van der Waals surface area contributed by atoms with E-state index in [0.29, 0.717) is 10.0 Å². The quantitative estimate of drug-likeness (QED) is 0.853. The number of halogens is 1. The fraction of sp³-hybridized carbons (Fsp3) is 0.273. The molecular weight excluding hydrogens is 350 g/mol. The van der Waals surface area contributed by atoms with E-state index in [4.69, 9.17) is 5.26 Å². The third kappa shape index (κ3) is 5.07. The summed E-state index contributed by atoms with van der Waals surface area (Å²) >= 11 is 3.13. The second kappa shape index (κ2) is 6.58. The monoisotopic (exact) mass is 361 g/mol. The Morgan fingerprint density at radius 2 is 2.10 bits per heavy atom. The second-order valence-corrected chi connectivity index (χ2v) is 6.24. The van der Waals surface area contributed by atoms with Gasteiger partial charge < -0.3 is 4.74 Å². The highest BCUT2D eigenvalue weighted by Gasteiger charge is 2.17. The number of amides is 1. The fourth-order valence-corrected chi connectivity index (χ4v) is 2.58. The molecule has 0 radical (unpaired) electrons. The van der Waals surface area contributed by atoms with Gasteiger partial charge in [0.25, 0.3) is 0 Å². The predicted octanol–water partition coefficient (Wildman–Crippen LogP) is 2.11. The summed E-state index contributed by atoms with van der Waals surface area (Å²) in [5.74, 6) is 0. The molecule has 0 aliphatic rings. The number of hydrogen-bond acceptors (Lipinski definition) is 5. The molecule has 1 aromatic carbocycles. The van der Waals surface area contributed by atoms with Crippen LogP contribution in [0.15, 0.2) is 22.7 Å². The predicted molar refractivity (Wildman–Crippen MR) is 76.2 cm³/mol. The molecule has 0 saturated carbocycles. The Morgan fingerprint density at radius 1 is 1.45 bits per heavy atom. The van der Waals surface area contributed by atoms with Crippen LogP contribution in [0.4, 0.5) is 10.5 Å². The molecular formula is C11H12BrN3O4S. The van der Waals surface area contributed by atoms with E-state index < -0.39 is 22.4 Å². The Hall–Kier alpha value is -1.79. The van der Waals surface area contributed by atoms with Crippen LogP contribution in [0.3, 0.4) is 0 Å². The number of carbonyl (C=O) groups excluding carboxylic acids is 1. The van der Waals surface area contributed by atoms with Crippen molar-refractivity contribution in [1.82, 2.24) is 4.72 Å². The highest BCUT2D eigenvalue weighted by Crippen LogP contribution is 2.24. The summed E-state index contributed by atoms with van der Waals surface area (Å²) in [7, 11) is -4.11. The van der Waals surface area contributed by atoms with Gasteiger partial charge in [0.1, 0.15) is 0 Å². The number of benzene rings is 1. The minimum atomic E-state index is -4.11. The maximum atomic E-state index is 11.7. The Balaban J connectivity index is 2.82. The zero-order valence-electron chi connectivity index (χ0n) is 10.7. The normalized spacial score (nSPS) is 10.8. The van der Waals surface area contributed by atoms with E-state index in [1.807, 2.05) is 6.07 Å². The van der Waals surface area contributed by atoms with Crippen molar-refractivity contribution in [2.24, 2.45) is 0 Å². The molecule has 7 nitrogen and oxygen atoms in total. The molecule has 0 heterocycles. The number of anilines is 1. The Morgan fingerprint density at radius 3 is 2.60 bits per heavy atom. The van der Waals surface area contributed by atoms with Gasteiger partial charge in [-0.15, -0.1) is 0 Å². The Kier molecular flexibility index (Phi) is 5.35. The van der Waals surface area contributed by atoms with Gasteiger partial charge in [-0.1, -0.05) is 0 Å². The standard InChI is InChI=1S/C11H12BrN3O4S/c1-7(2)19-11(16)15-20(17,18)14-10-4-3-8(6-13)5-9(10)12/h3-5,7,14H,1-2H3,(H,15,16). The average Bonchev–Trinajstić information content (AvgIpc) is 2.29. The molecule has 1 amide bonds. The van der Waals surface area contributed by atoms with Gasteiger partial charge in [-0.05, 0) is 48.0 Å². The summed E-state index contributed by atoms with van der Waals surface area (Å²) in [4.78, 5) is 11.2. The lowest BCUT2D eigenvalue weighted by atomic mass is 10.2. The SMILES string of the molecule is CC(C)OC(=O)NS(=O)(=O)Nc1ccc(C#N)cc1Br. The molecule has 0 spiro atoms. The first-order valence-electron chi connectivity index (χ1n) is 5.44. The highest BCUT2D eigenvalue weighted by atomic mass is 79.9. The molecule has 0 atom stereocenters. The Bertz CT molecular complexity index is 652. The van der Waals surface area contributed by atoms with E-state index in [1.165, 1.54) is 18.2 Å². The van der Waals surface area contributed by atoms with Crippen LogP contribution in [0.25, 0.3) is 0 Å². The fourth-order valence-electron chi connectivity index (χ4n) is 1.19. The van der Waals surface area contributed by atoms with Gasteiger partial charge in [-0.3, -0.25) is 4.72 Å². The number of nitrogens with one attached hydrogen (secondary N) is 2. The first kappa shape index (κ1) is 16.3. The van der Waals surface area contributed by atoms with Crippen LogP contribution >= 0.6 is 15.9 Å². The highest BCUT2D eigenvalue weighted by molar-refractivity contribution is 9.10. The first-order chi connectivity index (χ1) is 9.23. The van der Waals surface area contributed by atoms with E-state index in [1.54, 1.807) is 18.6 Å². The molecule has 0 fully saturated rings. The number of nitrogens with zero attached hydrogens (tertiary/aromatic N) is 1. The summed E-state index contributed by atoms with van der Waals surface area (Å²) < 4.78 is 32.3. The van der Waals surface area contributed by atoms with E-state index in [9.17, 15) is 13.2 Å². The van der Waals surface area contributed by atoms with Gasteiger partial charge in [0.05, 0.1) is 23.4 Å². The van der Waals surface area contributed by atoms with Crippen molar-refractivity contribution < 1.29 is 17.9 Å². The molecule has 0 saturated heterocycles. The van der Waals surface area contributed by atoms with E-state index in [0.717, 1.165) is 0 Å². The van der Waals surface area contributed by atoms with Crippen LogP contribution in [0.1, 0.15) is 19.4 Å². The lowest BCUT2D eigenvalue weighted by Crippen LogP contribution is -2.36. The van der Waals surface area contributed by atoms with Gasteiger partial charge in [0, 0.05) is 4.47 Å². The van der Waals surface area contributed by atoms with Gasteiger partial charge in [0.15, 0.2) is 0 Å². The lowest BCUT2D eigenvalue weighted by Gasteiger charge is -2.12. The van der Waals surface area contributed by atoms with Crippen molar-refractivity contribution in [3.63, 3.8) is 0 Å². The summed E-state index contributed by atoms with van der Waals surface area (Å²) in [6, 6.07) is 6.20. The molecule has 1 rings (SSSR count). The molecule has 108 valence electrons. The molecule has 0 aliphatic heterocycles. The van der Waals surface area contributed by atoms with E-state index >= 15 is 0 Å². The third-order valence-electron chi connectivity index (χ3n) is 1.90. The van der Waals surface area contributed by atoms with Crippen molar-refractivity contribution in [2.75, 3.05) is 4.72 Å². The number of rotatable bonds is 4. The summed E-state index contributed by atoms with van der Waals surface area (Å²) in [6.45, 7) is 3.19. The minimum absolute atomic E-state index is 0.189. The van der Waals surface area contributed by atoms with Crippen LogP contribution in [0, 0.1) is 11.3 Å². The summed E-state index contributed by atoms with van der Waals surface area (Å²) in [5.41, 5.74) is 0.556. The van der Waals surface area contributed by atoms with Crippen molar-refractivity contribution in [2.45, 2.75) is 20.0 Å². The molecule has 0 aromatic heterocycles. The molecule has 20 heavy (non-hydrogen) atoms. The topological polar surface area (TPSA) is 108 Å². The van der Waals surface area contributed by atoms with Crippen molar-refractivity contribution >= 4 is 37.9 Å². The minimum Gasteiger partial charge on any atom is -0.446 e. The van der Waals surface area contributed by atoms with Gasteiger partial charge >= 0.3 is 16.3 Å². The number of nitriles is 1. The summed E-state index contributed by atoms with van der Waals surface area (Å²) in [6.07, 6.45) is -1.51. The largest absolute Gasteiger partial charge is 0.446 e. The number of hydrogen-bond donors (Lipinski definition) is 2. The first-order valence-corrected chi connectivity index (χ1v) is 7.72. The van der Waals surface area contributed by atoms with Crippen LogP contribution in [0.2, 0.25) is 0 Å². The second-order valence-electron chi connectivity index (χ2n) is 3.97. The average molecular weight is 362 g/mol. The maximum absolute atomic E-state index is 11.7. The van der Waals surface area contributed by atoms with Crippen molar-refractivity contribution in [3.8, 4) is 6.07 Å². The van der Waals surface area contributed by atoms with Gasteiger partial charge in [0.2, 0.25) is 0 Å². The molecule has 2 N–H and O–H groups in total. The zero-order chi connectivity index (χ0) is 15.3. The van der Waals surface area contributed by atoms with Crippen LogP contribution in [-0.4, -0.2) is 20.6 Å². The van der Waals surface area contributed by atoms with E-state index in [2.05, 4.69) is 25.4 Å². The third-order valence-corrected chi connectivity index (χ3v) is 3.48. The van der Waals surface area contributed by atoms with Crippen LogP contribution in [0.5, 0.6) is 0 Å². The maximum Gasteiger partial charge on any atom is 0.422 e. The summed E-state index contributed by atoms with van der Waals surface area (Å²) in [5, 5.41) is 8.71. The van der Waals surface area contributed by atoms with Gasteiger partial charge in [-0.25, -0.2) is 9.52 Å². The van der Waals surface area contributed by atoms with Crippen LogP contribution in [-0.2, 0) is 14.9 Å². The van der Waals surface area contributed by atoms with Gasteiger partial charge in [-0.2, -0.15) is 13.7 Å². The zero-order valence-corrected chi connectivity index (χ0v) is 13.1.